The maximum atomic E-state index is 6.04. The lowest BCUT2D eigenvalue weighted by atomic mass is 10.0. The molecule has 130 valence electrons. The Balaban J connectivity index is 1.66. The predicted octanol–water partition coefficient (Wildman–Crippen LogP) is 4.05. The Bertz CT molecular complexity index is 798. The quantitative estimate of drug-likeness (QED) is 0.838. The van der Waals surface area contributed by atoms with Crippen LogP contribution < -0.4 is 14.8 Å². The summed E-state index contributed by atoms with van der Waals surface area (Å²) in [6.07, 6.45) is 1.64. The molecule has 0 radical (unpaired) electrons. The van der Waals surface area contributed by atoms with Crippen LogP contribution in [0.15, 0.2) is 59.7 Å². The summed E-state index contributed by atoms with van der Waals surface area (Å²) in [6, 6.07) is 14.3. The Labute approximate surface area is 149 Å². The third-order valence-electron chi connectivity index (χ3n) is 4.24. The van der Waals surface area contributed by atoms with Gasteiger partial charge in [-0.1, -0.05) is 30.8 Å². The minimum atomic E-state index is -0.210. The predicted molar refractivity (Wildman–Crippen MR) is 102 cm³/mol. The van der Waals surface area contributed by atoms with E-state index in [0.29, 0.717) is 6.61 Å². The summed E-state index contributed by atoms with van der Waals surface area (Å²) >= 11 is 0. The van der Waals surface area contributed by atoms with Gasteiger partial charge < -0.3 is 14.8 Å². The van der Waals surface area contributed by atoms with Crippen molar-refractivity contribution in [2.45, 2.75) is 26.0 Å². The van der Waals surface area contributed by atoms with Gasteiger partial charge in [0.2, 0.25) is 0 Å². The number of hydrogen-bond donors (Lipinski definition) is 1. The van der Waals surface area contributed by atoms with Gasteiger partial charge in [0.25, 0.3) is 0 Å². The second-order valence-corrected chi connectivity index (χ2v) is 6.32. The van der Waals surface area contributed by atoms with Gasteiger partial charge in [-0.3, -0.25) is 4.99 Å². The lowest BCUT2D eigenvalue weighted by Crippen LogP contribution is -2.37. The van der Waals surface area contributed by atoms with Crippen molar-refractivity contribution in [3.8, 4) is 11.5 Å². The molecule has 0 aromatic heterocycles. The van der Waals surface area contributed by atoms with E-state index in [4.69, 9.17) is 9.47 Å². The number of ether oxygens (including phenoxy) is 2. The van der Waals surface area contributed by atoms with Gasteiger partial charge in [-0.25, -0.2) is 0 Å². The number of nitrogens with zero attached hydrogens (tertiary/aromatic N) is 1. The van der Waals surface area contributed by atoms with E-state index >= 15 is 0 Å². The molecule has 0 fully saturated rings. The van der Waals surface area contributed by atoms with Crippen molar-refractivity contribution < 1.29 is 9.47 Å². The highest BCUT2D eigenvalue weighted by Gasteiger charge is 2.24. The Morgan fingerprint density at radius 3 is 2.92 bits per heavy atom. The van der Waals surface area contributed by atoms with Gasteiger partial charge in [-0.15, -0.1) is 0 Å². The summed E-state index contributed by atoms with van der Waals surface area (Å²) in [5, 5.41) is 3.43. The molecular weight excluding hydrogens is 312 g/mol. The van der Waals surface area contributed by atoms with Crippen molar-refractivity contribution in [3.63, 3.8) is 0 Å². The molecule has 2 aromatic carbocycles. The van der Waals surface area contributed by atoms with E-state index in [0.717, 1.165) is 28.3 Å². The first-order valence-corrected chi connectivity index (χ1v) is 8.44. The number of nitrogens with one attached hydrogen (secondary N) is 1. The summed E-state index contributed by atoms with van der Waals surface area (Å²) in [4.78, 5) is 4.07. The maximum Gasteiger partial charge on any atom is 0.171 e. The molecule has 2 atom stereocenters. The number of fused-ring (bicyclic) bond motifs is 1. The van der Waals surface area contributed by atoms with Crippen LogP contribution in [0.25, 0.3) is 0 Å². The van der Waals surface area contributed by atoms with E-state index in [-0.39, 0.29) is 12.1 Å². The van der Waals surface area contributed by atoms with Crippen molar-refractivity contribution in [1.29, 1.82) is 0 Å². The minimum Gasteiger partial charge on any atom is -0.485 e. The molecule has 0 aliphatic carbocycles. The fraction of sp³-hybridized carbons (Fsp3) is 0.286. The molecule has 3 rings (SSSR count). The second-order valence-electron chi connectivity index (χ2n) is 6.32. The lowest BCUT2D eigenvalue weighted by Gasteiger charge is -2.30. The minimum absolute atomic E-state index is 0.112. The van der Waals surface area contributed by atoms with Crippen molar-refractivity contribution in [2.24, 2.45) is 4.99 Å². The summed E-state index contributed by atoms with van der Waals surface area (Å²) in [7, 11) is 1.77. The van der Waals surface area contributed by atoms with Crippen LogP contribution in [-0.4, -0.2) is 26.0 Å². The molecule has 0 amide bonds. The zero-order valence-electron chi connectivity index (χ0n) is 15.0. The highest BCUT2D eigenvalue weighted by Crippen LogP contribution is 2.33. The van der Waals surface area contributed by atoms with Crippen LogP contribution in [0.1, 0.15) is 29.7 Å². The SMILES string of the molecule is C=C(NC(C)c1cccc(C=NC)c1)C1COc2cc(C)ccc2O1. The summed E-state index contributed by atoms with van der Waals surface area (Å²) < 4.78 is 11.9. The maximum absolute atomic E-state index is 6.04. The van der Waals surface area contributed by atoms with Gasteiger partial charge in [0.05, 0.1) is 0 Å². The zero-order chi connectivity index (χ0) is 17.8. The molecular formula is C21H24N2O2. The third-order valence-corrected chi connectivity index (χ3v) is 4.24. The van der Waals surface area contributed by atoms with Gasteiger partial charge in [-0.2, -0.15) is 0 Å². The van der Waals surface area contributed by atoms with Crippen LogP contribution in [-0.2, 0) is 0 Å². The smallest absolute Gasteiger partial charge is 0.171 e. The first-order valence-electron chi connectivity index (χ1n) is 8.44. The molecule has 0 bridgehead atoms. The standard InChI is InChI=1S/C21H24N2O2/c1-14-8-9-19-20(10-14)24-13-21(25-19)16(3)23-15(2)18-7-5-6-17(11-18)12-22-4/h5-12,15,21,23H,3,13H2,1-2,4H3. The van der Waals surface area contributed by atoms with Gasteiger partial charge >= 0.3 is 0 Å². The number of aryl methyl sites for hydroxylation is 1. The highest BCUT2D eigenvalue weighted by molar-refractivity contribution is 5.79. The molecule has 0 spiro atoms. The molecule has 1 aliphatic heterocycles. The molecule has 1 heterocycles. The molecule has 1 N–H and O–H groups in total. The Kier molecular flexibility index (Phi) is 5.08. The average Bonchev–Trinajstić information content (AvgIpc) is 2.61. The molecule has 2 aromatic rings. The summed E-state index contributed by atoms with van der Waals surface area (Å²) in [5.41, 5.74) is 4.22. The van der Waals surface area contributed by atoms with Crippen LogP contribution in [0, 0.1) is 6.92 Å². The molecule has 1 aliphatic rings. The molecule has 2 unspecified atom stereocenters. The molecule has 0 saturated carbocycles. The number of aliphatic imine (C=N–C) groups is 1. The van der Waals surface area contributed by atoms with Gasteiger partial charge in [0, 0.05) is 25.0 Å². The van der Waals surface area contributed by atoms with E-state index in [9.17, 15) is 0 Å². The first kappa shape index (κ1) is 17.1. The number of hydrogen-bond acceptors (Lipinski definition) is 4. The van der Waals surface area contributed by atoms with Gasteiger partial charge in [0.15, 0.2) is 17.6 Å². The van der Waals surface area contributed by atoms with Crippen LogP contribution in [0.2, 0.25) is 0 Å². The fourth-order valence-electron chi connectivity index (χ4n) is 2.86. The van der Waals surface area contributed by atoms with Gasteiger partial charge in [0.1, 0.15) is 6.61 Å². The van der Waals surface area contributed by atoms with E-state index in [2.05, 4.69) is 35.9 Å². The van der Waals surface area contributed by atoms with E-state index in [1.54, 1.807) is 7.05 Å². The van der Waals surface area contributed by atoms with Crippen LogP contribution in [0.5, 0.6) is 11.5 Å². The normalized spacial score (nSPS) is 17.3. The summed E-state index contributed by atoms with van der Waals surface area (Å²) in [6.45, 7) is 8.75. The topological polar surface area (TPSA) is 42.9 Å². The van der Waals surface area contributed by atoms with E-state index in [1.165, 1.54) is 5.56 Å². The van der Waals surface area contributed by atoms with Crippen LogP contribution in [0.3, 0.4) is 0 Å². The Hall–Kier alpha value is -2.75. The van der Waals surface area contributed by atoms with Crippen molar-refractivity contribution >= 4 is 6.21 Å². The molecule has 0 saturated heterocycles. The molecule has 4 heteroatoms. The van der Waals surface area contributed by atoms with Gasteiger partial charge in [-0.05, 0) is 48.7 Å². The first-order chi connectivity index (χ1) is 12.1. The fourth-order valence-corrected chi connectivity index (χ4v) is 2.86. The van der Waals surface area contributed by atoms with Crippen LogP contribution in [0.4, 0.5) is 0 Å². The molecule has 25 heavy (non-hydrogen) atoms. The van der Waals surface area contributed by atoms with E-state index in [1.807, 2.05) is 43.5 Å². The lowest BCUT2D eigenvalue weighted by molar-refractivity contribution is 0.109. The van der Waals surface area contributed by atoms with Crippen molar-refractivity contribution in [2.75, 3.05) is 13.7 Å². The number of benzene rings is 2. The zero-order valence-corrected chi connectivity index (χ0v) is 15.0. The average molecular weight is 336 g/mol. The molecule has 4 nitrogen and oxygen atoms in total. The summed E-state index contributed by atoms with van der Waals surface area (Å²) in [5.74, 6) is 1.56. The highest BCUT2D eigenvalue weighted by atomic mass is 16.6. The van der Waals surface area contributed by atoms with Crippen molar-refractivity contribution in [3.05, 3.63) is 71.4 Å². The largest absolute Gasteiger partial charge is 0.485 e. The monoisotopic (exact) mass is 336 g/mol. The third kappa shape index (κ3) is 4.02. The number of rotatable bonds is 5. The Morgan fingerprint density at radius 1 is 1.28 bits per heavy atom. The Morgan fingerprint density at radius 2 is 2.12 bits per heavy atom. The van der Waals surface area contributed by atoms with Crippen LogP contribution >= 0.6 is 0 Å². The van der Waals surface area contributed by atoms with E-state index < -0.39 is 0 Å². The second kappa shape index (κ2) is 7.43. The van der Waals surface area contributed by atoms with Crippen molar-refractivity contribution in [1.82, 2.24) is 5.32 Å².